The highest BCUT2D eigenvalue weighted by atomic mass is 32.2. The van der Waals surface area contributed by atoms with Crippen molar-refractivity contribution < 1.29 is 13.2 Å². The van der Waals surface area contributed by atoms with Gasteiger partial charge in [0.05, 0.1) is 17.2 Å². The molecule has 2 aromatic carbocycles. The van der Waals surface area contributed by atoms with Gasteiger partial charge in [0.2, 0.25) is 0 Å². The predicted octanol–water partition coefficient (Wildman–Crippen LogP) is 3.49. The molecule has 2 aromatic rings. The van der Waals surface area contributed by atoms with E-state index in [4.69, 9.17) is 4.74 Å². The molecule has 0 N–H and O–H groups in total. The Labute approximate surface area is 130 Å². The molecule has 4 nitrogen and oxygen atoms in total. The summed E-state index contributed by atoms with van der Waals surface area (Å²) in [7, 11) is -3.67. The smallest absolute Gasteiger partial charge is 0.268 e. The van der Waals surface area contributed by atoms with E-state index in [1.165, 1.54) is 4.31 Å². The van der Waals surface area contributed by atoms with Crippen molar-refractivity contribution in [3.05, 3.63) is 66.4 Å². The molecule has 22 heavy (non-hydrogen) atoms. The minimum atomic E-state index is -3.67. The zero-order valence-electron chi connectivity index (χ0n) is 12.3. The molecule has 0 fully saturated rings. The first-order valence-electron chi connectivity index (χ1n) is 7.08. The van der Waals surface area contributed by atoms with Crippen molar-refractivity contribution in [3.63, 3.8) is 0 Å². The lowest BCUT2D eigenvalue weighted by Crippen LogP contribution is -2.27. The van der Waals surface area contributed by atoms with Crippen LogP contribution in [0.15, 0.2) is 65.7 Å². The molecule has 3 rings (SSSR count). The topological polar surface area (TPSA) is 46.6 Å². The summed E-state index contributed by atoms with van der Waals surface area (Å²) < 4.78 is 32.8. The second-order valence-electron chi connectivity index (χ2n) is 5.10. The van der Waals surface area contributed by atoms with Gasteiger partial charge in [-0.1, -0.05) is 35.9 Å². The molecule has 0 saturated carbocycles. The van der Waals surface area contributed by atoms with Crippen LogP contribution in [0.2, 0.25) is 0 Å². The van der Waals surface area contributed by atoms with Gasteiger partial charge in [0.1, 0.15) is 5.75 Å². The number of anilines is 1. The van der Waals surface area contributed by atoms with E-state index in [2.05, 4.69) is 0 Å². The monoisotopic (exact) mass is 315 g/mol. The second kappa shape index (κ2) is 5.85. The van der Waals surface area contributed by atoms with Crippen LogP contribution in [0.4, 0.5) is 5.69 Å². The summed E-state index contributed by atoms with van der Waals surface area (Å²) in [6, 6.07) is 14.0. The summed E-state index contributed by atoms with van der Waals surface area (Å²) in [6.07, 6.45) is 4.08. The standard InChI is InChI=1S/C17H17NO3S/c1-14-8-10-15(11-9-14)22(19,20)18-12-4-5-13-21-17-7-3-2-6-16(17)18/h2-4,6-12H,5,13H2,1H3/b12-4-. The maximum Gasteiger partial charge on any atom is 0.268 e. The third kappa shape index (κ3) is 2.72. The number of fused-ring (bicyclic) bond motifs is 1. The first kappa shape index (κ1) is 14.7. The lowest BCUT2D eigenvalue weighted by Gasteiger charge is -2.24. The Balaban J connectivity index is 2.12. The average molecular weight is 315 g/mol. The van der Waals surface area contributed by atoms with Crippen molar-refractivity contribution in [1.29, 1.82) is 0 Å². The first-order chi connectivity index (χ1) is 10.6. The Hall–Kier alpha value is -2.27. The van der Waals surface area contributed by atoms with Gasteiger partial charge < -0.3 is 4.74 Å². The third-order valence-electron chi connectivity index (χ3n) is 3.46. The van der Waals surface area contributed by atoms with Crippen LogP contribution in [0.5, 0.6) is 5.75 Å². The molecule has 1 heterocycles. The van der Waals surface area contributed by atoms with Crippen LogP contribution in [-0.4, -0.2) is 15.0 Å². The number of aryl methyl sites for hydroxylation is 1. The van der Waals surface area contributed by atoms with Crippen molar-refractivity contribution in [3.8, 4) is 5.75 Å². The van der Waals surface area contributed by atoms with E-state index in [0.717, 1.165) is 5.56 Å². The van der Waals surface area contributed by atoms with E-state index >= 15 is 0 Å². The summed E-state index contributed by atoms with van der Waals surface area (Å²) in [6.45, 7) is 2.46. The SMILES string of the molecule is Cc1ccc(S(=O)(=O)N2/C=C\CCOc3ccccc32)cc1. The Morgan fingerprint density at radius 3 is 2.55 bits per heavy atom. The molecule has 1 aliphatic heterocycles. The second-order valence-corrected chi connectivity index (χ2v) is 6.92. The molecule has 5 heteroatoms. The fraction of sp³-hybridized carbons (Fsp3) is 0.176. The molecule has 0 atom stereocenters. The normalized spacial score (nSPS) is 16.1. The number of hydrogen-bond donors (Lipinski definition) is 0. The van der Waals surface area contributed by atoms with Crippen LogP contribution in [0, 0.1) is 6.92 Å². The molecule has 0 amide bonds. The van der Waals surface area contributed by atoms with Crippen LogP contribution in [-0.2, 0) is 10.0 Å². The van der Waals surface area contributed by atoms with Gasteiger partial charge in [-0.3, -0.25) is 0 Å². The Morgan fingerprint density at radius 1 is 1.05 bits per heavy atom. The first-order valence-corrected chi connectivity index (χ1v) is 8.52. The highest BCUT2D eigenvalue weighted by Gasteiger charge is 2.26. The van der Waals surface area contributed by atoms with E-state index in [1.807, 2.05) is 19.1 Å². The molecule has 0 bridgehead atoms. The number of ether oxygens (including phenoxy) is 1. The van der Waals surface area contributed by atoms with Gasteiger partial charge in [0, 0.05) is 12.6 Å². The van der Waals surface area contributed by atoms with Gasteiger partial charge in [-0.05, 0) is 31.2 Å². The number of nitrogens with zero attached hydrogens (tertiary/aromatic N) is 1. The maximum atomic E-state index is 12.9. The fourth-order valence-corrected chi connectivity index (χ4v) is 3.65. The minimum Gasteiger partial charge on any atom is -0.491 e. The molecule has 114 valence electrons. The van der Waals surface area contributed by atoms with Crippen molar-refractivity contribution in [2.45, 2.75) is 18.2 Å². The Kier molecular flexibility index (Phi) is 3.90. The quantitative estimate of drug-likeness (QED) is 0.852. The highest BCUT2D eigenvalue weighted by Crippen LogP contribution is 2.33. The van der Waals surface area contributed by atoms with Gasteiger partial charge in [-0.15, -0.1) is 0 Å². The van der Waals surface area contributed by atoms with Crippen molar-refractivity contribution >= 4 is 15.7 Å². The van der Waals surface area contributed by atoms with Crippen LogP contribution in [0.25, 0.3) is 0 Å². The molecule has 0 unspecified atom stereocenters. The summed E-state index contributed by atoms with van der Waals surface area (Å²) in [5.74, 6) is 0.572. The van der Waals surface area contributed by atoms with Gasteiger partial charge in [-0.25, -0.2) is 12.7 Å². The predicted molar refractivity (Wildman–Crippen MR) is 86.5 cm³/mol. The third-order valence-corrected chi connectivity index (χ3v) is 5.17. The molecular formula is C17H17NO3S. The molecule has 0 spiro atoms. The van der Waals surface area contributed by atoms with Crippen molar-refractivity contribution in [2.24, 2.45) is 0 Å². The summed E-state index contributed by atoms with van der Waals surface area (Å²) in [5, 5.41) is 0. The van der Waals surface area contributed by atoms with Crippen molar-refractivity contribution in [2.75, 3.05) is 10.9 Å². The zero-order valence-corrected chi connectivity index (χ0v) is 13.1. The van der Waals surface area contributed by atoms with Gasteiger partial charge in [-0.2, -0.15) is 0 Å². The molecule has 0 aliphatic carbocycles. The van der Waals surface area contributed by atoms with Gasteiger partial charge in [0.25, 0.3) is 10.0 Å². The summed E-state index contributed by atoms with van der Waals surface area (Å²) in [4.78, 5) is 0.262. The van der Waals surface area contributed by atoms with Crippen LogP contribution >= 0.6 is 0 Å². The highest BCUT2D eigenvalue weighted by molar-refractivity contribution is 7.93. The van der Waals surface area contributed by atoms with Crippen LogP contribution < -0.4 is 9.04 Å². The van der Waals surface area contributed by atoms with E-state index in [1.54, 1.807) is 48.7 Å². The van der Waals surface area contributed by atoms with E-state index < -0.39 is 10.0 Å². The lowest BCUT2D eigenvalue weighted by molar-refractivity contribution is 0.324. The summed E-state index contributed by atoms with van der Waals surface area (Å²) >= 11 is 0. The molecular weight excluding hydrogens is 298 g/mol. The number of hydrogen-bond acceptors (Lipinski definition) is 3. The van der Waals surface area contributed by atoms with Crippen molar-refractivity contribution in [1.82, 2.24) is 0 Å². The molecule has 0 radical (unpaired) electrons. The van der Waals surface area contributed by atoms with Crippen LogP contribution in [0.1, 0.15) is 12.0 Å². The lowest BCUT2D eigenvalue weighted by atomic mass is 10.2. The number of rotatable bonds is 2. The van der Waals surface area contributed by atoms with Gasteiger partial charge >= 0.3 is 0 Å². The van der Waals surface area contributed by atoms with E-state index in [-0.39, 0.29) is 4.90 Å². The van der Waals surface area contributed by atoms with E-state index in [9.17, 15) is 8.42 Å². The van der Waals surface area contributed by atoms with Gasteiger partial charge in [0.15, 0.2) is 0 Å². The summed E-state index contributed by atoms with van der Waals surface area (Å²) in [5.41, 5.74) is 1.55. The Bertz CT molecular complexity index is 795. The van der Waals surface area contributed by atoms with E-state index in [0.29, 0.717) is 24.5 Å². The average Bonchev–Trinajstić information content (AvgIpc) is 2.48. The largest absolute Gasteiger partial charge is 0.491 e. The fourth-order valence-electron chi connectivity index (χ4n) is 2.28. The van der Waals surface area contributed by atoms with Crippen LogP contribution in [0.3, 0.4) is 0 Å². The molecule has 1 aliphatic rings. The maximum absolute atomic E-state index is 12.9. The minimum absolute atomic E-state index is 0.262. The zero-order chi connectivity index (χ0) is 15.6. The molecule has 0 aromatic heterocycles. The molecule has 0 saturated heterocycles. The number of sulfonamides is 1. The number of benzene rings is 2. The Morgan fingerprint density at radius 2 is 1.77 bits per heavy atom. The number of para-hydroxylation sites is 2.